The molecule has 0 radical (unpaired) electrons. The topological polar surface area (TPSA) is 95.9 Å². The normalized spacial score (nSPS) is 41.2. The van der Waals surface area contributed by atoms with Gasteiger partial charge in [0.1, 0.15) is 11.8 Å². The number of aryl methyl sites for hydroxylation is 1. The fraction of sp³-hybridized carbons (Fsp3) is 0.667. The predicted molar refractivity (Wildman–Crippen MR) is 118 cm³/mol. The summed E-state index contributed by atoms with van der Waals surface area (Å²) in [6.45, 7) is 3.97. The number of benzene rings is 1. The monoisotopic (exact) mass is 445 g/mol. The summed E-state index contributed by atoms with van der Waals surface area (Å²) in [7, 11) is 0. The van der Waals surface area contributed by atoms with Gasteiger partial charge in [-0.15, -0.1) is 11.8 Å². The number of carboxylic acids is 1. The molecule has 3 fully saturated rings. The third-order valence-electron chi connectivity index (χ3n) is 8.53. The van der Waals surface area contributed by atoms with Crippen molar-refractivity contribution in [3.05, 3.63) is 29.3 Å². The largest absolute Gasteiger partial charge is 0.480 e. The number of nitrogens with one attached hydrogen (secondary N) is 1. The molecule has 1 aliphatic heterocycles. The number of esters is 1. The zero-order valence-corrected chi connectivity index (χ0v) is 18.9. The van der Waals surface area contributed by atoms with Gasteiger partial charge in [-0.1, -0.05) is 13.0 Å². The van der Waals surface area contributed by atoms with Crippen molar-refractivity contribution in [3.8, 4) is 5.75 Å². The Morgan fingerprint density at radius 2 is 2.00 bits per heavy atom. The number of hydrogen-bond donors (Lipinski definition) is 3. The van der Waals surface area contributed by atoms with Crippen LogP contribution in [0.5, 0.6) is 5.75 Å². The Morgan fingerprint density at radius 1 is 1.19 bits per heavy atom. The summed E-state index contributed by atoms with van der Waals surface area (Å²) >= 11 is 1.27. The first-order valence-corrected chi connectivity index (χ1v) is 12.4. The van der Waals surface area contributed by atoms with Gasteiger partial charge in [-0.25, -0.2) is 4.79 Å². The highest BCUT2D eigenvalue weighted by Crippen LogP contribution is 2.60. The molecule has 1 saturated heterocycles. The summed E-state index contributed by atoms with van der Waals surface area (Å²) in [4.78, 5) is 22.9. The molecular formula is C24H31NO5S. The van der Waals surface area contributed by atoms with E-state index >= 15 is 0 Å². The molecule has 7 heteroatoms. The summed E-state index contributed by atoms with van der Waals surface area (Å²) in [5.41, 5.74) is 2.71. The fourth-order valence-electron chi connectivity index (χ4n) is 6.72. The number of ether oxygens (including phenoxy) is 1. The molecule has 1 aromatic rings. The molecule has 0 spiro atoms. The highest BCUT2D eigenvalue weighted by Gasteiger charge is 2.54. The van der Waals surface area contributed by atoms with Crippen LogP contribution in [0.1, 0.15) is 63.0 Å². The van der Waals surface area contributed by atoms with Crippen LogP contribution in [0.25, 0.3) is 0 Å². The minimum absolute atomic E-state index is 0.0728. The molecule has 3 aliphatic carbocycles. The molecule has 2 unspecified atom stereocenters. The number of thioether (sulfide) groups is 1. The zero-order chi connectivity index (χ0) is 22.0. The van der Waals surface area contributed by atoms with Crippen LogP contribution in [0.2, 0.25) is 0 Å². The number of aliphatic hydroxyl groups is 1. The molecule has 4 aliphatic rings. The quantitative estimate of drug-likeness (QED) is 0.485. The van der Waals surface area contributed by atoms with Gasteiger partial charge in [0.15, 0.2) is 4.87 Å². The van der Waals surface area contributed by atoms with E-state index in [0.717, 1.165) is 38.5 Å². The molecule has 7 atom stereocenters. The average Bonchev–Trinajstić information content (AvgIpc) is 3.29. The lowest BCUT2D eigenvalue weighted by Gasteiger charge is -2.50. The number of carbonyl (C=O) groups is 2. The Morgan fingerprint density at radius 3 is 2.74 bits per heavy atom. The fourth-order valence-corrected chi connectivity index (χ4v) is 7.83. The summed E-state index contributed by atoms with van der Waals surface area (Å²) in [6.07, 6.45) is 6.17. The predicted octanol–water partition coefficient (Wildman–Crippen LogP) is 3.31. The Balaban J connectivity index is 1.32. The maximum absolute atomic E-state index is 12.8. The molecule has 1 heterocycles. The number of rotatable bonds is 3. The van der Waals surface area contributed by atoms with Crippen molar-refractivity contribution >= 4 is 23.7 Å². The Bertz CT molecular complexity index is 921. The molecular weight excluding hydrogens is 414 g/mol. The first-order valence-electron chi connectivity index (χ1n) is 11.4. The van der Waals surface area contributed by atoms with E-state index in [9.17, 15) is 19.8 Å². The van der Waals surface area contributed by atoms with Crippen LogP contribution < -0.4 is 10.1 Å². The van der Waals surface area contributed by atoms with Crippen molar-refractivity contribution in [2.75, 3.05) is 5.75 Å². The van der Waals surface area contributed by atoms with Gasteiger partial charge in [-0.05, 0) is 91.9 Å². The van der Waals surface area contributed by atoms with Crippen molar-refractivity contribution in [2.45, 2.75) is 75.3 Å². The minimum atomic E-state index is -1.05. The molecule has 0 aromatic heterocycles. The van der Waals surface area contributed by atoms with Crippen LogP contribution in [-0.4, -0.2) is 44.9 Å². The number of hydrogen-bond acceptors (Lipinski definition) is 6. The van der Waals surface area contributed by atoms with Gasteiger partial charge in [0.25, 0.3) is 0 Å². The maximum Gasteiger partial charge on any atom is 0.341 e. The molecule has 2 saturated carbocycles. The van der Waals surface area contributed by atoms with Gasteiger partial charge in [0.05, 0.1) is 6.10 Å². The minimum Gasteiger partial charge on any atom is -0.480 e. The van der Waals surface area contributed by atoms with Crippen molar-refractivity contribution in [1.82, 2.24) is 5.32 Å². The van der Waals surface area contributed by atoms with Crippen molar-refractivity contribution in [2.24, 2.45) is 17.3 Å². The Hall–Kier alpha value is -1.57. The zero-order valence-electron chi connectivity index (χ0n) is 18.1. The highest BCUT2D eigenvalue weighted by atomic mass is 32.2. The van der Waals surface area contributed by atoms with Crippen LogP contribution in [-0.2, 0) is 16.0 Å². The van der Waals surface area contributed by atoms with E-state index in [1.54, 1.807) is 6.92 Å². The Labute approximate surface area is 187 Å². The highest BCUT2D eigenvalue weighted by molar-refractivity contribution is 8.01. The van der Waals surface area contributed by atoms with Gasteiger partial charge >= 0.3 is 11.9 Å². The van der Waals surface area contributed by atoms with E-state index in [4.69, 9.17) is 4.74 Å². The SMILES string of the molecule is CC1(C(=O)Oc2ccc3c(c2)CC[C@@H]2[C@@H]3CC[C@]3(C)[C@@H](O)CC[C@@H]23)NC(C(=O)O)CS1. The summed E-state index contributed by atoms with van der Waals surface area (Å²) < 4.78 is 5.68. The molecule has 5 rings (SSSR count). The second-order valence-corrected chi connectivity index (χ2v) is 11.6. The smallest absolute Gasteiger partial charge is 0.341 e. The second-order valence-electron chi connectivity index (χ2n) is 10.2. The first-order chi connectivity index (χ1) is 14.7. The van der Waals surface area contributed by atoms with E-state index in [2.05, 4.69) is 18.3 Å². The third kappa shape index (κ3) is 3.40. The van der Waals surface area contributed by atoms with Crippen LogP contribution >= 0.6 is 11.8 Å². The first kappa shape index (κ1) is 21.3. The van der Waals surface area contributed by atoms with Crippen LogP contribution in [0.4, 0.5) is 0 Å². The van der Waals surface area contributed by atoms with Gasteiger partial charge in [-0.3, -0.25) is 10.1 Å². The summed E-state index contributed by atoms with van der Waals surface area (Å²) in [5, 5.41) is 22.6. The van der Waals surface area contributed by atoms with Gasteiger partial charge in [0, 0.05) is 5.75 Å². The number of carbonyl (C=O) groups excluding carboxylic acids is 1. The number of aliphatic hydroxyl groups excluding tert-OH is 1. The molecule has 0 amide bonds. The summed E-state index contributed by atoms with van der Waals surface area (Å²) in [5.74, 6) is 1.21. The lowest BCUT2D eigenvalue weighted by atomic mass is 9.55. The van der Waals surface area contributed by atoms with Gasteiger partial charge in [-0.2, -0.15) is 0 Å². The van der Waals surface area contributed by atoms with E-state index < -0.39 is 22.9 Å². The molecule has 6 nitrogen and oxygen atoms in total. The van der Waals surface area contributed by atoms with Crippen LogP contribution in [0, 0.1) is 17.3 Å². The summed E-state index contributed by atoms with van der Waals surface area (Å²) in [6, 6.07) is 5.27. The lowest BCUT2D eigenvalue weighted by molar-refractivity contribution is -0.140. The van der Waals surface area contributed by atoms with Crippen molar-refractivity contribution in [3.63, 3.8) is 0 Å². The molecule has 0 bridgehead atoms. The third-order valence-corrected chi connectivity index (χ3v) is 9.90. The number of fused-ring (bicyclic) bond motifs is 5. The maximum atomic E-state index is 12.8. The van der Waals surface area contributed by atoms with Crippen LogP contribution in [0.15, 0.2) is 18.2 Å². The second kappa shape index (κ2) is 7.49. The number of aliphatic carboxylic acids is 1. The van der Waals surface area contributed by atoms with Gasteiger partial charge < -0.3 is 14.9 Å². The van der Waals surface area contributed by atoms with Crippen molar-refractivity contribution in [1.29, 1.82) is 0 Å². The standard InChI is InChI=1S/C24H31NO5S/c1-23-10-9-16-15-6-4-14(30-22(29)24(2)25-19(12-31-24)21(27)28)11-13(15)3-5-17(16)18(23)7-8-20(23)26/h4,6,11,16-20,25-26H,3,5,7-10,12H2,1-2H3,(H,27,28)/t16-,17-,18+,19?,20+,23+,24?/m1/s1. The van der Waals surface area contributed by atoms with E-state index in [1.165, 1.54) is 22.9 Å². The van der Waals surface area contributed by atoms with E-state index in [1.807, 2.05) is 12.1 Å². The van der Waals surface area contributed by atoms with Crippen molar-refractivity contribution < 1.29 is 24.5 Å². The Kier molecular flexibility index (Phi) is 5.14. The molecule has 168 valence electrons. The molecule has 31 heavy (non-hydrogen) atoms. The molecule has 1 aromatic carbocycles. The average molecular weight is 446 g/mol. The van der Waals surface area contributed by atoms with Gasteiger partial charge in [0.2, 0.25) is 0 Å². The molecule has 3 N–H and O–H groups in total. The lowest BCUT2D eigenvalue weighted by Crippen LogP contribution is -2.50. The van der Waals surface area contributed by atoms with E-state index in [-0.39, 0.29) is 11.5 Å². The number of carboxylic acid groups (broad SMARTS) is 1. The van der Waals surface area contributed by atoms with E-state index in [0.29, 0.717) is 29.3 Å². The van der Waals surface area contributed by atoms with Crippen LogP contribution in [0.3, 0.4) is 0 Å².